The van der Waals surface area contributed by atoms with Gasteiger partial charge in [-0.25, -0.2) is 13.1 Å². The molecule has 6 heteroatoms. The number of carbonyl (C=O) groups is 1. The van der Waals surface area contributed by atoms with E-state index in [1.54, 1.807) is 0 Å². The van der Waals surface area contributed by atoms with Gasteiger partial charge in [-0.05, 0) is 56.9 Å². The predicted octanol–water partition coefficient (Wildman–Crippen LogP) is 3.55. The van der Waals surface area contributed by atoms with Crippen LogP contribution in [0, 0.1) is 0 Å². The van der Waals surface area contributed by atoms with Crippen LogP contribution in [0.2, 0.25) is 0 Å². The maximum absolute atomic E-state index is 12.2. The number of sulfonamides is 1. The van der Waals surface area contributed by atoms with Gasteiger partial charge in [0, 0.05) is 18.5 Å². The number of rotatable bonds is 11. The average Bonchev–Trinajstić information content (AvgIpc) is 2.64. The van der Waals surface area contributed by atoms with Gasteiger partial charge in [0.05, 0.1) is 5.75 Å². The van der Waals surface area contributed by atoms with Crippen LogP contribution in [0.4, 0.5) is 0 Å². The molecule has 1 aliphatic rings. The smallest absolute Gasteiger partial charge is 0.220 e. The molecular formula is C21H34N2O3S. The Morgan fingerprint density at radius 1 is 1.07 bits per heavy atom. The van der Waals surface area contributed by atoms with Crippen molar-refractivity contribution in [3.05, 3.63) is 35.9 Å². The zero-order valence-corrected chi connectivity index (χ0v) is 17.3. The molecule has 2 N–H and O–H groups in total. The molecule has 1 saturated carbocycles. The van der Waals surface area contributed by atoms with Gasteiger partial charge < -0.3 is 5.32 Å². The monoisotopic (exact) mass is 394 g/mol. The number of nitrogens with one attached hydrogen (secondary N) is 2. The van der Waals surface area contributed by atoms with Crippen molar-refractivity contribution >= 4 is 15.9 Å². The first-order chi connectivity index (χ1) is 13.0. The van der Waals surface area contributed by atoms with E-state index in [4.69, 9.17) is 0 Å². The Labute approximate surface area is 164 Å². The molecule has 152 valence electrons. The van der Waals surface area contributed by atoms with E-state index in [2.05, 4.69) is 22.2 Å². The maximum Gasteiger partial charge on any atom is 0.220 e. The third-order valence-corrected chi connectivity index (χ3v) is 6.63. The summed E-state index contributed by atoms with van der Waals surface area (Å²) in [5.41, 5.74) is 1.31. The SMILES string of the molecule is CCCCS(=O)(=O)N[C@@H]1CCC[C@@H](NC(=O)CCCCc2ccccc2)C1. The minimum absolute atomic E-state index is 0.0519. The van der Waals surface area contributed by atoms with Crippen molar-refractivity contribution in [3.8, 4) is 0 Å². The zero-order valence-electron chi connectivity index (χ0n) is 16.5. The Bertz CT molecular complexity index is 661. The maximum atomic E-state index is 12.2. The van der Waals surface area contributed by atoms with Crippen LogP contribution in [-0.2, 0) is 21.2 Å². The highest BCUT2D eigenvalue weighted by molar-refractivity contribution is 7.89. The quantitative estimate of drug-likeness (QED) is 0.564. The van der Waals surface area contributed by atoms with Crippen LogP contribution >= 0.6 is 0 Å². The van der Waals surface area contributed by atoms with E-state index in [0.29, 0.717) is 19.3 Å². The molecule has 2 rings (SSSR count). The molecule has 1 amide bonds. The fourth-order valence-corrected chi connectivity index (χ4v) is 5.14. The van der Waals surface area contributed by atoms with Gasteiger partial charge in [-0.1, -0.05) is 43.7 Å². The molecule has 1 fully saturated rings. The second-order valence-corrected chi connectivity index (χ2v) is 9.48. The summed E-state index contributed by atoms with van der Waals surface area (Å²) in [4.78, 5) is 12.2. The summed E-state index contributed by atoms with van der Waals surface area (Å²) >= 11 is 0. The van der Waals surface area contributed by atoms with Crippen LogP contribution in [-0.4, -0.2) is 32.2 Å². The summed E-state index contributed by atoms with van der Waals surface area (Å²) in [6.07, 6.45) is 8.40. The highest BCUT2D eigenvalue weighted by Gasteiger charge is 2.26. The number of hydrogen-bond donors (Lipinski definition) is 2. The summed E-state index contributed by atoms with van der Waals surface area (Å²) in [6.45, 7) is 1.99. The number of carbonyl (C=O) groups excluding carboxylic acids is 1. The number of amides is 1. The van der Waals surface area contributed by atoms with E-state index in [-0.39, 0.29) is 23.7 Å². The van der Waals surface area contributed by atoms with Crippen molar-refractivity contribution in [2.75, 3.05) is 5.75 Å². The Hall–Kier alpha value is -1.40. The molecule has 0 bridgehead atoms. The summed E-state index contributed by atoms with van der Waals surface area (Å²) in [7, 11) is -3.20. The van der Waals surface area contributed by atoms with Crippen LogP contribution in [0.1, 0.15) is 70.3 Å². The van der Waals surface area contributed by atoms with Gasteiger partial charge in [0.1, 0.15) is 0 Å². The lowest BCUT2D eigenvalue weighted by molar-refractivity contribution is -0.122. The van der Waals surface area contributed by atoms with E-state index in [1.807, 2.05) is 25.1 Å². The minimum Gasteiger partial charge on any atom is -0.353 e. The second-order valence-electron chi connectivity index (χ2n) is 7.61. The van der Waals surface area contributed by atoms with Gasteiger partial charge in [0.2, 0.25) is 15.9 Å². The Morgan fingerprint density at radius 3 is 2.56 bits per heavy atom. The molecule has 1 aromatic carbocycles. The molecule has 0 aromatic heterocycles. The number of aryl methyl sites for hydroxylation is 1. The summed E-state index contributed by atoms with van der Waals surface area (Å²) in [5.74, 6) is 0.279. The van der Waals surface area contributed by atoms with Crippen molar-refractivity contribution in [1.29, 1.82) is 0 Å². The Kier molecular flexibility index (Phi) is 9.28. The van der Waals surface area contributed by atoms with Crippen molar-refractivity contribution in [1.82, 2.24) is 10.0 Å². The van der Waals surface area contributed by atoms with E-state index in [0.717, 1.165) is 44.9 Å². The van der Waals surface area contributed by atoms with Crippen LogP contribution in [0.3, 0.4) is 0 Å². The zero-order chi connectivity index (χ0) is 19.5. The topological polar surface area (TPSA) is 75.3 Å². The largest absolute Gasteiger partial charge is 0.353 e. The minimum atomic E-state index is -3.20. The van der Waals surface area contributed by atoms with Crippen LogP contribution in [0.5, 0.6) is 0 Å². The fourth-order valence-electron chi connectivity index (χ4n) is 3.63. The fraction of sp³-hybridized carbons (Fsp3) is 0.667. The highest BCUT2D eigenvalue weighted by Crippen LogP contribution is 2.20. The predicted molar refractivity (Wildman–Crippen MR) is 110 cm³/mol. The van der Waals surface area contributed by atoms with E-state index < -0.39 is 10.0 Å². The molecule has 0 unspecified atom stereocenters. The molecule has 2 atom stereocenters. The van der Waals surface area contributed by atoms with Gasteiger partial charge in [-0.2, -0.15) is 0 Å². The number of benzene rings is 1. The first-order valence-corrected chi connectivity index (χ1v) is 12.0. The van der Waals surface area contributed by atoms with Crippen molar-refractivity contribution in [2.45, 2.75) is 83.2 Å². The van der Waals surface area contributed by atoms with E-state index in [9.17, 15) is 13.2 Å². The van der Waals surface area contributed by atoms with Gasteiger partial charge in [0.15, 0.2) is 0 Å². The molecule has 5 nitrogen and oxygen atoms in total. The standard InChI is InChI=1S/C21H34N2O3S/c1-2-3-16-27(25,26)23-20-14-9-13-19(17-20)22-21(24)15-8-7-12-18-10-5-4-6-11-18/h4-6,10-11,19-20,23H,2-3,7-9,12-17H2,1H3,(H,22,24)/t19-,20-/m1/s1. The van der Waals surface area contributed by atoms with Gasteiger partial charge in [-0.3, -0.25) is 4.79 Å². The third kappa shape index (κ3) is 8.89. The molecule has 27 heavy (non-hydrogen) atoms. The van der Waals surface area contributed by atoms with Crippen LogP contribution in [0.25, 0.3) is 0 Å². The van der Waals surface area contributed by atoms with E-state index in [1.165, 1.54) is 5.56 Å². The second kappa shape index (κ2) is 11.4. The first-order valence-electron chi connectivity index (χ1n) is 10.3. The third-order valence-electron chi connectivity index (χ3n) is 5.11. The lowest BCUT2D eigenvalue weighted by atomic mass is 9.91. The van der Waals surface area contributed by atoms with Crippen molar-refractivity contribution < 1.29 is 13.2 Å². The van der Waals surface area contributed by atoms with Gasteiger partial charge in [0.25, 0.3) is 0 Å². The highest BCUT2D eigenvalue weighted by atomic mass is 32.2. The number of hydrogen-bond acceptors (Lipinski definition) is 3. The molecule has 1 aliphatic carbocycles. The average molecular weight is 395 g/mol. The number of unbranched alkanes of at least 4 members (excludes halogenated alkanes) is 2. The van der Waals surface area contributed by atoms with Crippen LogP contribution in [0.15, 0.2) is 30.3 Å². The molecular weight excluding hydrogens is 360 g/mol. The summed E-state index contributed by atoms with van der Waals surface area (Å²) in [5, 5.41) is 3.10. The van der Waals surface area contributed by atoms with E-state index >= 15 is 0 Å². The van der Waals surface area contributed by atoms with Crippen molar-refractivity contribution in [2.24, 2.45) is 0 Å². The molecule has 0 spiro atoms. The lowest BCUT2D eigenvalue weighted by Gasteiger charge is -2.30. The Balaban J connectivity index is 1.66. The molecule has 0 heterocycles. The summed E-state index contributed by atoms with van der Waals surface area (Å²) < 4.78 is 27.0. The molecule has 0 aliphatic heterocycles. The lowest BCUT2D eigenvalue weighted by Crippen LogP contribution is -2.46. The van der Waals surface area contributed by atoms with Gasteiger partial charge >= 0.3 is 0 Å². The Morgan fingerprint density at radius 2 is 1.81 bits per heavy atom. The molecule has 0 radical (unpaired) electrons. The van der Waals surface area contributed by atoms with Crippen molar-refractivity contribution in [3.63, 3.8) is 0 Å². The first kappa shape index (κ1) is 21.9. The summed E-state index contributed by atoms with van der Waals surface area (Å²) in [6, 6.07) is 10.4. The van der Waals surface area contributed by atoms with Crippen LogP contribution < -0.4 is 10.0 Å². The van der Waals surface area contributed by atoms with Gasteiger partial charge in [-0.15, -0.1) is 0 Å². The normalized spacial score (nSPS) is 20.3. The molecule has 1 aromatic rings. The molecule has 0 saturated heterocycles.